The Morgan fingerprint density at radius 3 is 2.81 bits per heavy atom. The Morgan fingerprint density at radius 1 is 1.24 bits per heavy atom. The lowest BCUT2D eigenvalue weighted by Crippen LogP contribution is -2.11. The monoisotopic (exact) mass is 337 g/mol. The number of carbonyl (C=O) groups excluding carboxylic acids is 1. The summed E-state index contributed by atoms with van der Waals surface area (Å²) < 4.78 is 6.45. The summed E-state index contributed by atoms with van der Waals surface area (Å²) in [6.45, 7) is -0.109. The number of ether oxygens (including phenoxy) is 1. The fourth-order valence-electron chi connectivity index (χ4n) is 1.94. The summed E-state index contributed by atoms with van der Waals surface area (Å²) in [6, 6.07) is 10.9. The third-order valence-corrected chi connectivity index (χ3v) is 4.40. The maximum absolute atomic E-state index is 12.1. The fourth-order valence-corrected chi connectivity index (χ4v) is 3.44. The average Bonchev–Trinajstić information content (AvgIpc) is 2.83. The van der Waals surface area contributed by atoms with E-state index in [4.69, 9.17) is 27.9 Å². The highest BCUT2D eigenvalue weighted by Crippen LogP contribution is 2.31. The Morgan fingerprint density at radius 2 is 2.05 bits per heavy atom. The summed E-state index contributed by atoms with van der Waals surface area (Å²) in [5, 5.41) is 0.957. The van der Waals surface area contributed by atoms with Crippen molar-refractivity contribution < 1.29 is 9.53 Å². The first kappa shape index (κ1) is 14.3. The summed E-state index contributed by atoms with van der Waals surface area (Å²) >= 11 is 13.0. The molecular formula is C15H9Cl2NO2S. The Hall–Kier alpha value is -1.62. The highest BCUT2D eigenvalue weighted by atomic mass is 35.5. The SMILES string of the molecule is O=C(COc1cccc2cccnc12)c1cc(Cl)sc1Cl. The maximum atomic E-state index is 12.1. The van der Waals surface area contributed by atoms with Crippen LogP contribution in [0.2, 0.25) is 8.67 Å². The highest BCUT2D eigenvalue weighted by Gasteiger charge is 2.15. The number of nitrogens with zero attached hydrogens (tertiary/aromatic N) is 1. The van der Waals surface area contributed by atoms with Crippen LogP contribution in [0.1, 0.15) is 10.4 Å². The van der Waals surface area contributed by atoms with E-state index in [0.717, 1.165) is 22.2 Å². The van der Waals surface area contributed by atoms with Gasteiger partial charge in [0.2, 0.25) is 5.78 Å². The molecule has 106 valence electrons. The van der Waals surface area contributed by atoms with Gasteiger partial charge in [-0.25, -0.2) is 0 Å². The van der Waals surface area contributed by atoms with E-state index in [1.54, 1.807) is 18.3 Å². The van der Waals surface area contributed by atoms with E-state index < -0.39 is 0 Å². The number of ketones is 1. The summed E-state index contributed by atoms with van der Waals surface area (Å²) in [5.74, 6) is 0.356. The van der Waals surface area contributed by atoms with Gasteiger partial charge in [0.25, 0.3) is 0 Å². The minimum atomic E-state index is -0.212. The minimum absolute atomic E-state index is 0.109. The zero-order valence-corrected chi connectivity index (χ0v) is 13.0. The van der Waals surface area contributed by atoms with Gasteiger partial charge in [-0.1, -0.05) is 41.4 Å². The quantitative estimate of drug-likeness (QED) is 0.638. The van der Waals surface area contributed by atoms with Gasteiger partial charge in [-0.2, -0.15) is 0 Å². The summed E-state index contributed by atoms with van der Waals surface area (Å²) in [4.78, 5) is 16.4. The van der Waals surface area contributed by atoms with E-state index in [9.17, 15) is 4.79 Å². The number of hydrogen-bond acceptors (Lipinski definition) is 4. The number of rotatable bonds is 4. The number of benzene rings is 1. The van der Waals surface area contributed by atoms with Gasteiger partial charge >= 0.3 is 0 Å². The molecule has 0 saturated carbocycles. The largest absolute Gasteiger partial charge is 0.483 e. The predicted molar refractivity (Wildman–Crippen MR) is 85.9 cm³/mol. The van der Waals surface area contributed by atoms with Crippen molar-refractivity contribution in [1.29, 1.82) is 0 Å². The zero-order chi connectivity index (χ0) is 14.8. The van der Waals surface area contributed by atoms with Crippen molar-refractivity contribution in [2.45, 2.75) is 0 Å². The molecule has 3 rings (SSSR count). The molecule has 0 fully saturated rings. The van der Waals surface area contributed by atoms with Gasteiger partial charge < -0.3 is 4.74 Å². The van der Waals surface area contributed by atoms with Gasteiger partial charge in [0.1, 0.15) is 15.6 Å². The molecule has 0 aliphatic carbocycles. The molecule has 3 aromatic rings. The van der Waals surface area contributed by atoms with Crippen molar-refractivity contribution >= 4 is 51.2 Å². The highest BCUT2D eigenvalue weighted by molar-refractivity contribution is 7.20. The Labute approximate surface area is 135 Å². The first-order valence-electron chi connectivity index (χ1n) is 6.10. The number of pyridine rings is 1. The molecule has 0 unspecified atom stereocenters. The van der Waals surface area contributed by atoms with E-state index in [1.807, 2.05) is 24.3 Å². The molecule has 0 radical (unpaired) electrons. The maximum Gasteiger partial charge on any atom is 0.202 e. The number of para-hydroxylation sites is 1. The van der Waals surface area contributed by atoms with Crippen LogP contribution in [0.25, 0.3) is 10.9 Å². The molecule has 0 saturated heterocycles. The van der Waals surface area contributed by atoms with E-state index in [2.05, 4.69) is 4.98 Å². The molecule has 0 aliphatic heterocycles. The number of carbonyl (C=O) groups is 1. The van der Waals surface area contributed by atoms with Crippen molar-refractivity contribution in [3.05, 3.63) is 56.8 Å². The Kier molecular flexibility index (Phi) is 4.10. The van der Waals surface area contributed by atoms with Crippen molar-refractivity contribution in [2.75, 3.05) is 6.61 Å². The van der Waals surface area contributed by atoms with Crippen LogP contribution in [0.5, 0.6) is 5.75 Å². The smallest absolute Gasteiger partial charge is 0.202 e. The van der Waals surface area contributed by atoms with Crippen LogP contribution in [0.4, 0.5) is 0 Å². The molecule has 0 N–H and O–H groups in total. The van der Waals surface area contributed by atoms with E-state index >= 15 is 0 Å². The molecule has 2 heterocycles. The normalized spacial score (nSPS) is 10.8. The number of Topliss-reactive ketones (excluding diaryl/α,β-unsaturated/α-hetero) is 1. The second-order valence-corrected chi connectivity index (χ2v) is 6.57. The summed E-state index contributed by atoms with van der Waals surface area (Å²) in [5.41, 5.74) is 1.11. The second kappa shape index (κ2) is 6.02. The molecule has 0 atom stereocenters. The molecular weight excluding hydrogens is 329 g/mol. The third-order valence-electron chi connectivity index (χ3n) is 2.91. The van der Waals surface area contributed by atoms with Gasteiger partial charge in [-0.3, -0.25) is 9.78 Å². The summed E-state index contributed by atoms with van der Waals surface area (Å²) in [7, 11) is 0. The zero-order valence-electron chi connectivity index (χ0n) is 10.7. The molecule has 6 heteroatoms. The van der Waals surface area contributed by atoms with Gasteiger partial charge in [-0.15, -0.1) is 11.3 Å². The molecule has 0 amide bonds. The molecule has 0 aliphatic rings. The predicted octanol–water partition coefficient (Wildman–Crippen LogP) is 4.86. The molecule has 21 heavy (non-hydrogen) atoms. The number of halogens is 2. The first-order chi connectivity index (χ1) is 10.1. The van der Waals surface area contributed by atoms with Crippen LogP contribution in [-0.2, 0) is 0 Å². The summed E-state index contributed by atoms with van der Waals surface area (Å²) in [6.07, 6.45) is 1.69. The number of aromatic nitrogens is 1. The van der Waals surface area contributed by atoms with E-state index in [-0.39, 0.29) is 12.4 Å². The van der Waals surface area contributed by atoms with Crippen molar-refractivity contribution in [3.8, 4) is 5.75 Å². The van der Waals surface area contributed by atoms with Crippen LogP contribution in [0, 0.1) is 0 Å². The van der Waals surface area contributed by atoms with Crippen LogP contribution in [-0.4, -0.2) is 17.4 Å². The molecule has 0 spiro atoms. The minimum Gasteiger partial charge on any atom is -0.483 e. The Bertz CT molecular complexity index is 811. The van der Waals surface area contributed by atoms with Gasteiger partial charge in [0.05, 0.1) is 9.90 Å². The van der Waals surface area contributed by atoms with Gasteiger partial charge in [0.15, 0.2) is 6.61 Å². The topological polar surface area (TPSA) is 39.2 Å². The van der Waals surface area contributed by atoms with Crippen LogP contribution >= 0.6 is 34.5 Å². The molecule has 0 bridgehead atoms. The first-order valence-corrected chi connectivity index (χ1v) is 7.67. The van der Waals surface area contributed by atoms with Crippen molar-refractivity contribution in [1.82, 2.24) is 4.98 Å². The number of fused-ring (bicyclic) bond motifs is 1. The second-order valence-electron chi connectivity index (χ2n) is 4.28. The van der Waals surface area contributed by atoms with Crippen molar-refractivity contribution in [3.63, 3.8) is 0 Å². The van der Waals surface area contributed by atoms with Gasteiger partial charge in [-0.05, 0) is 18.2 Å². The lowest BCUT2D eigenvalue weighted by molar-refractivity contribution is 0.0923. The van der Waals surface area contributed by atoms with Gasteiger partial charge in [0, 0.05) is 11.6 Å². The van der Waals surface area contributed by atoms with Crippen LogP contribution in [0.3, 0.4) is 0 Å². The lowest BCUT2D eigenvalue weighted by atomic mass is 10.2. The third kappa shape index (κ3) is 3.02. The van der Waals surface area contributed by atoms with Crippen LogP contribution in [0.15, 0.2) is 42.6 Å². The number of hydrogen-bond donors (Lipinski definition) is 0. The van der Waals surface area contributed by atoms with Crippen LogP contribution < -0.4 is 4.74 Å². The average molecular weight is 338 g/mol. The van der Waals surface area contributed by atoms with E-state index in [0.29, 0.717) is 20.0 Å². The molecule has 2 aromatic heterocycles. The number of thiophene rings is 1. The molecule has 3 nitrogen and oxygen atoms in total. The standard InChI is InChI=1S/C15H9Cl2NO2S/c16-13-7-10(15(17)21-13)11(19)8-20-12-5-1-3-9-4-2-6-18-14(9)12/h1-7H,8H2. The van der Waals surface area contributed by atoms with E-state index in [1.165, 1.54) is 0 Å². The molecule has 1 aromatic carbocycles. The fraction of sp³-hybridized carbons (Fsp3) is 0.0667. The lowest BCUT2D eigenvalue weighted by Gasteiger charge is -2.07. The Balaban J connectivity index is 1.81. The van der Waals surface area contributed by atoms with Crippen molar-refractivity contribution in [2.24, 2.45) is 0 Å².